The average molecular weight is 211 g/mol. The number of nitrogens with one attached hydrogen (secondary N) is 1. The van der Waals surface area contributed by atoms with Gasteiger partial charge in [0.15, 0.2) is 0 Å². The van der Waals surface area contributed by atoms with E-state index in [9.17, 15) is 0 Å². The lowest BCUT2D eigenvalue weighted by atomic mass is 9.95. The van der Waals surface area contributed by atoms with Crippen LogP contribution in [0, 0.1) is 0 Å². The second-order valence-electron chi connectivity index (χ2n) is 5.10. The number of hydrogen-bond donors (Lipinski definition) is 1. The Kier molecular flexibility index (Phi) is 7.08. The zero-order valence-electron chi connectivity index (χ0n) is 10.7. The Hall–Kier alpha value is -0.0400. The van der Waals surface area contributed by atoms with Gasteiger partial charge in [-0.05, 0) is 25.7 Å². The van der Waals surface area contributed by atoms with E-state index in [2.05, 4.69) is 19.2 Å². The van der Waals surface area contributed by atoms with Crippen LogP contribution >= 0.6 is 0 Å². The van der Waals surface area contributed by atoms with Crippen molar-refractivity contribution in [2.45, 2.75) is 90.1 Å². The molecule has 1 aliphatic rings. The Morgan fingerprint density at radius 1 is 1.00 bits per heavy atom. The van der Waals surface area contributed by atoms with Crippen LogP contribution in [0.2, 0.25) is 0 Å². The standard InChI is InChI=1S/C14H29N/c1-3-10-13(4-2)15-14-11-8-6-5-7-9-12-14/h13-15H,3-12H2,1-2H3. The maximum absolute atomic E-state index is 3.87. The van der Waals surface area contributed by atoms with E-state index in [0.717, 1.165) is 12.1 Å². The summed E-state index contributed by atoms with van der Waals surface area (Å²) in [5.74, 6) is 0. The van der Waals surface area contributed by atoms with Crippen LogP contribution in [0.15, 0.2) is 0 Å². The highest BCUT2D eigenvalue weighted by atomic mass is 14.9. The van der Waals surface area contributed by atoms with Crippen molar-refractivity contribution in [1.29, 1.82) is 0 Å². The van der Waals surface area contributed by atoms with E-state index >= 15 is 0 Å². The third kappa shape index (κ3) is 5.55. The second-order valence-corrected chi connectivity index (χ2v) is 5.10. The highest BCUT2D eigenvalue weighted by Crippen LogP contribution is 2.18. The summed E-state index contributed by atoms with van der Waals surface area (Å²) in [6.45, 7) is 4.61. The maximum atomic E-state index is 3.87. The molecule has 1 saturated carbocycles. The smallest absolute Gasteiger partial charge is 0.00696 e. The monoisotopic (exact) mass is 211 g/mol. The van der Waals surface area contributed by atoms with Crippen molar-refractivity contribution in [3.05, 3.63) is 0 Å². The fourth-order valence-corrected chi connectivity index (χ4v) is 2.71. The van der Waals surface area contributed by atoms with E-state index in [1.165, 1.54) is 64.2 Å². The minimum absolute atomic E-state index is 0.777. The zero-order valence-corrected chi connectivity index (χ0v) is 10.7. The molecule has 0 radical (unpaired) electrons. The van der Waals surface area contributed by atoms with Gasteiger partial charge in [-0.25, -0.2) is 0 Å². The van der Waals surface area contributed by atoms with Gasteiger partial charge in [0.2, 0.25) is 0 Å². The van der Waals surface area contributed by atoms with E-state index in [-0.39, 0.29) is 0 Å². The zero-order chi connectivity index (χ0) is 10.9. The van der Waals surface area contributed by atoms with Crippen molar-refractivity contribution in [2.24, 2.45) is 0 Å². The molecule has 1 rings (SSSR count). The first-order valence-electron chi connectivity index (χ1n) is 7.12. The summed E-state index contributed by atoms with van der Waals surface area (Å²) < 4.78 is 0. The highest BCUT2D eigenvalue weighted by molar-refractivity contribution is 4.75. The van der Waals surface area contributed by atoms with Crippen molar-refractivity contribution in [1.82, 2.24) is 5.32 Å². The van der Waals surface area contributed by atoms with Gasteiger partial charge in [-0.2, -0.15) is 0 Å². The van der Waals surface area contributed by atoms with Crippen molar-refractivity contribution in [3.8, 4) is 0 Å². The van der Waals surface area contributed by atoms with E-state index < -0.39 is 0 Å². The molecule has 1 N–H and O–H groups in total. The molecule has 0 heterocycles. The first kappa shape index (κ1) is 13.0. The largest absolute Gasteiger partial charge is 0.311 e. The van der Waals surface area contributed by atoms with Crippen LogP contribution < -0.4 is 5.32 Å². The van der Waals surface area contributed by atoms with Crippen molar-refractivity contribution in [3.63, 3.8) is 0 Å². The van der Waals surface area contributed by atoms with Crippen LogP contribution in [0.4, 0.5) is 0 Å². The lowest BCUT2D eigenvalue weighted by Gasteiger charge is -2.26. The summed E-state index contributed by atoms with van der Waals surface area (Å²) >= 11 is 0. The Bertz CT molecular complexity index is 136. The third-order valence-corrected chi connectivity index (χ3v) is 3.71. The summed E-state index contributed by atoms with van der Waals surface area (Å²) in [5, 5.41) is 3.87. The van der Waals surface area contributed by atoms with Gasteiger partial charge in [0.1, 0.15) is 0 Å². The Labute approximate surface area is 96.0 Å². The summed E-state index contributed by atoms with van der Waals surface area (Å²) in [7, 11) is 0. The Morgan fingerprint density at radius 3 is 2.13 bits per heavy atom. The molecule has 0 amide bonds. The SMILES string of the molecule is CCCC(CC)NC1CCCCCCC1. The minimum atomic E-state index is 0.777. The Balaban J connectivity index is 2.26. The molecule has 0 saturated heterocycles. The van der Waals surface area contributed by atoms with E-state index in [0.29, 0.717) is 0 Å². The van der Waals surface area contributed by atoms with Gasteiger partial charge >= 0.3 is 0 Å². The van der Waals surface area contributed by atoms with Gasteiger partial charge in [0.25, 0.3) is 0 Å². The van der Waals surface area contributed by atoms with Crippen LogP contribution in [0.1, 0.15) is 78.1 Å². The molecule has 1 nitrogen and oxygen atoms in total. The molecule has 1 heteroatoms. The van der Waals surface area contributed by atoms with Crippen LogP contribution in [0.3, 0.4) is 0 Å². The summed E-state index contributed by atoms with van der Waals surface area (Å²) in [6.07, 6.45) is 14.1. The molecule has 0 aromatic carbocycles. The molecule has 0 bridgehead atoms. The van der Waals surface area contributed by atoms with E-state index in [4.69, 9.17) is 0 Å². The van der Waals surface area contributed by atoms with Crippen molar-refractivity contribution >= 4 is 0 Å². The van der Waals surface area contributed by atoms with Crippen molar-refractivity contribution in [2.75, 3.05) is 0 Å². The van der Waals surface area contributed by atoms with Gasteiger partial charge < -0.3 is 5.32 Å². The second kappa shape index (κ2) is 8.15. The summed E-state index contributed by atoms with van der Waals surface area (Å²) in [6, 6.07) is 1.60. The minimum Gasteiger partial charge on any atom is -0.311 e. The van der Waals surface area contributed by atoms with Gasteiger partial charge in [0, 0.05) is 12.1 Å². The normalized spacial score (nSPS) is 22.0. The lowest BCUT2D eigenvalue weighted by Crippen LogP contribution is -2.38. The number of hydrogen-bond acceptors (Lipinski definition) is 1. The molecule has 0 spiro atoms. The lowest BCUT2D eigenvalue weighted by molar-refractivity contribution is 0.335. The molecule has 90 valence electrons. The maximum Gasteiger partial charge on any atom is 0.00696 e. The van der Waals surface area contributed by atoms with E-state index in [1.807, 2.05) is 0 Å². The van der Waals surface area contributed by atoms with Crippen molar-refractivity contribution < 1.29 is 0 Å². The summed E-state index contributed by atoms with van der Waals surface area (Å²) in [4.78, 5) is 0. The predicted octanol–water partition coefficient (Wildman–Crippen LogP) is 4.27. The topological polar surface area (TPSA) is 12.0 Å². The van der Waals surface area contributed by atoms with Gasteiger partial charge in [-0.3, -0.25) is 0 Å². The molecule has 1 fully saturated rings. The molecule has 1 aliphatic carbocycles. The molecule has 1 atom stereocenters. The molecule has 0 aromatic rings. The van der Waals surface area contributed by atoms with Gasteiger partial charge in [-0.15, -0.1) is 0 Å². The summed E-state index contributed by atoms with van der Waals surface area (Å²) in [5.41, 5.74) is 0. The first-order chi connectivity index (χ1) is 7.36. The fourth-order valence-electron chi connectivity index (χ4n) is 2.71. The van der Waals surface area contributed by atoms with Gasteiger partial charge in [0.05, 0.1) is 0 Å². The average Bonchev–Trinajstić information content (AvgIpc) is 2.20. The van der Waals surface area contributed by atoms with E-state index in [1.54, 1.807) is 0 Å². The fraction of sp³-hybridized carbons (Fsp3) is 1.00. The van der Waals surface area contributed by atoms with Crippen LogP contribution in [-0.4, -0.2) is 12.1 Å². The van der Waals surface area contributed by atoms with Gasteiger partial charge in [-0.1, -0.05) is 52.4 Å². The molecule has 0 aliphatic heterocycles. The van der Waals surface area contributed by atoms with Crippen LogP contribution in [0.5, 0.6) is 0 Å². The van der Waals surface area contributed by atoms with Crippen LogP contribution in [-0.2, 0) is 0 Å². The predicted molar refractivity (Wildman–Crippen MR) is 68.2 cm³/mol. The molecule has 0 aromatic heterocycles. The Morgan fingerprint density at radius 2 is 1.60 bits per heavy atom. The number of rotatable bonds is 5. The van der Waals surface area contributed by atoms with Crippen LogP contribution in [0.25, 0.3) is 0 Å². The molecular weight excluding hydrogens is 182 g/mol. The first-order valence-corrected chi connectivity index (χ1v) is 7.12. The quantitative estimate of drug-likeness (QED) is 0.716. The molecule has 15 heavy (non-hydrogen) atoms. The third-order valence-electron chi connectivity index (χ3n) is 3.71. The highest BCUT2D eigenvalue weighted by Gasteiger charge is 2.14. The molecular formula is C14H29N. The molecule has 1 unspecified atom stereocenters.